The normalized spacial score (nSPS) is 19.2. The third-order valence-corrected chi connectivity index (χ3v) is 2.85. The van der Waals surface area contributed by atoms with Gasteiger partial charge < -0.3 is 16.8 Å². The fourth-order valence-corrected chi connectivity index (χ4v) is 1.74. The topological polar surface area (TPSA) is 81.1 Å². The molecule has 0 atom stereocenters. The molecule has 0 bridgehead atoms. The number of hydrogen-bond acceptors (Lipinski definition) is 3. The van der Waals surface area contributed by atoms with Crippen LogP contribution in [-0.2, 0) is 4.79 Å². The SMILES string of the molecule is NCCNC(=O)CC1(CN)CCC1. The summed E-state index contributed by atoms with van der Waals surface area (Å²) < 4.78 is 0. The smallest absolute Gasteiger partial charge is 0.220 e. The van der Waals surface area contributed by atoms with Crippen LogP contribution in [-0.4, -0.2) is 25.5 Å². The fraction of sp³-hybridized carbons (Fsp3) is 0.889. The summed E-state index contributed by atoms with van der Waals surface area (Å²) in [6.45, 7) is 1.70. The van der Waals surface area contributed by atoms with Gasteiger partial charge in [-0.15, -0.1) is 0 Å². The van der Waals surface area contributed by atoms with E-state index in [1.165, 1.54) is 6.42 Å². The summed E-state index contributed by atoms with van der Waals surface area (Å²) in [5.41, 5.74) is 11.0. The van der Waals surface area contributed by atoms with E-state index in [-0.39, 0.29) is 11.3 Å². The molecule has 1 rings (SSSR count). The average molecular weight is 185 g/mol. The number of nitrogens with two attached hydrogens (primary N) is 2. The maximum absolute atomic E-state index is 11.3. The second kappa shape index (κ2) is 4.58. The third kappa shape index (κ3) is 2.67. The fourth-order valence-electron chi connectivity index (χ4n) is 1.74. The number of carbonyl (C=O) groups excluding carboxylic acids is 1. The highest BCUT2D eigenvalue weighted by Crippen LogP contribution is 2.42. The van der Waals surface area contributed by atoms with Crippen molar-refractivity contribution in [2.45, 2.75) is 25.7 Å². The molecule has 0 aromatic carbocycles. The zero-order valence-corrected chi connectivity index (χ0v) is 8.01. The molecule has 0 heterocycles. The van der Waals surface area contributed by atoms with Gasteiger partial charge >= 0.3 is 0 Å². The van der Waals surface area contributed by atoms with Gasteiger partial charge in [0, 0.05) is 19.5 Å². The Labute approximate surface area is 79.0 Å². The summed E-state index contributed by atoms with van der Waals surface area (Å²) in [6.07, 6.45) is 3.98. The molecule has 0 aromatic heterocycles. The maximum atomic E-state index is 11.3. The zero-order chi connectivity index (χ0) is 9.73. The first kappa shape index (κ1) is 10.5. The molecule has 0 saturated heterocycles. The van der Waals surface area contributed by atoms with Crippen molar-refractivity contribution in [1.82, 2.24) is 5.32 Å². The predicted octanol–water partition coefficient (Wildman–Crippen LogP) is -0.420. The minimum absolute atomic E-state index is 0.0931. The molecule has 0 radical (unpaired) electrons. The lowest BCUT2D eigenvalue weighted by molar-refractivity contribution is -0.124. The molecular weight excluding hydrogens is 166 g/mol. The predicted molar refractivity (Wildman–Crippen MR) is 52.0 cm³/mol. The third-order valence-electron chi connectivity index (χ3n) is 2.85. The van der Waals surface area contributed by atoms with E-state index < -0.39 is 0 Å². The highest BCUT2D eigenvalue weighted by atomic mass is 16.1. The van der Waals surface area contributed by atoms with Crippen molar-refractivity contribution in [2.75, 3.05) is 19.6 Å². The lowest BCUT2D eigenvalue weighted by Gasteiger charge is -2.40. The summed E-state index contributed by atoms with van der Waals surface area (Å²) in [5.74, 6) is 0.0931. The highest BCUT2D eigenvalue weighted by molar-refractivity contribution is 5.76. The lowest BCUT2D eigenvalue weighted by Crippen LogP contribution is -2.42. The molecule has 0 aromatic rings. The van der Waals surface area contributed by atoms with Crippen LogP contribution in [0.5, 0.6) is 0 Å². The van der Waals surface area contributed by atoms with Crippen molar-refractivity contribution >= 4 is 5.91 Å². The Balaban J connectivity index is 2.25. The molecule has 1 saturated carbocycles. The number of nitrogens with one attached hydrogen (secondary N) is 1. The number of carbonyl (C=O) groups is 1. The highest BCUT2D eigenvalue weighted by Gasteiger charge is 2.37. The molecule has 1 amide bonds. The lowest BCUT2D eigenvalue weighted by atomic mass is 9.66. The first-order chi connectivity index (χ1) is 6.22. The van der Waals surface area contributed by atoms with E-state index in [0.29, 0.717) is 26.1 Å². The molecule has 0 spiro atoms. The van der Waals surface area contributed by atoms with Crippen molar-refractivity contribution in [3.05, 3.63) is 0 Å². The van der Waals surface area contributed by atoms with Crippen molar-refractivity contribution in [2.24, 2.45) is 16.9 Å². The van der Waals surface area contributed by atoms with Gasteiger partial charge in [0.15, 0.2) is 0 Å². The summed E-state index contributed by atoms with van der Waals surface area (Å²) in [6, 6.07) is 0. The second-order valence-electron chi connectivity index (χ2n) is 3.87. The van der Waals surface area contributed by atoms with Crippen LogP contribution in [0.4, 0.5) is 0 Å². The van der Waals surface area contributed by atoms with Crippen LogP contribution in [0.3, 0.4) is 0 Å². The number of rotatable bonds is 5. The van der Waals surface area contributed by atoms with Gasteiger partial charge in [0.1, 0.15) is 0 Å². The van der Waals surface area contributed by atoms with E-state index in [1.54, 1.807) is 0 Å². The quantitative estimate of drug-likeness (QED) is 0.544. The first-order valence-electron chi connectivity index (χ1n) is 4.89. The largest absolute Gasteiger partial charge is 0.355 e. The molecule has 1 aliphatic rings. The molecule has 5 N–H and O–H groups in total. The summed E-state index contributed by atoms with van der Waals surface area (Å²) >= 11 is 0. The van der Waals surface area contributed by atoms with E-state index in [2.05, 4.69) is 5.32 Å². The van der Waals surface area contributed by atoms with Gasteiger partial charge in [0.25, 0.3) is 0 Å². The van der Waals surface area contributed by atoms with Crippen LogP contribution < -0.4 is 16.8 Å². The molecule has 76 valence electrons. The van der Waals surface area contributed by atoms with Crippen LogP contribution in [0.2, 0.25) is 0 Å². The molecule has 13 heavy (non-hydrogen) atoms. The van der Waals surface area contributed by atoms with E-state index in [1.807, 2.05) is 0 Å². The Morgan fingerprint density at radius 1 is 1.38 bits per heavy atom. The van der Waals surface area contributed by atoms with Crippen LogP contribution in [0, 0.1) is 5.41 Å². The number of hydrogen-bond donors (Lipinski definition) is 3. The Kier molecular flexibility index (Phi) is 3.69. The number of amides is 1. The van der Waals surface area contributed by atoms with Gasteiger partial charge in [-0.25, -0.2) is 0 Å². The van der Waals surface area contributed by atoms with Crippen molar-refractivity contribution < 1.29 is 4.79 Å². The van der Waals surface area contributed by atoms with E-state index in [9.17, 15) is 4.79 Å². The van der Waals surface area contributed by atoms with Gasteiger partial charge in [-0.3, -0.25) is 4.79 Å². The summed E-state index contributed by atoms with van der Waals surface area (Å²) in [5, 5.41) is 2.77. The van der Waals surface area contributed by atoms with Gasteiger partial charge in [-0.2, -0.15) is 0 Å². The van der Waals surface area contributed by atoms with Crippen LogP contribution in [0.1, 0.15) is 25.7 Å². The van der Waals surface area contributed by atoms with Crippen LogP contribution in [0.15, 0.2) is 0 Å². The van der Waals surface area contributed by atoms with Crippen molar-refractivity contribution in [3.8, 4) is 0 Å². The maximum Gasteiger partial charge on any atom is 0.220 e. The summed E-state index contributed by atoms with van der Waals surface area (Å²) in [7, 11) is 0. The minimum atomic E-state index is 0.0931. The Bertz CT molecular complexity index is 172. The molecule has 0 unspecified atom stereocenters. The summed E-state index contributed by atoms with van der Waals surface area (Å²) in [4.78, 5) is 11.3. The molecular formula is C9H19N3O. The molecule has 4 nitrogen and oxygen atoms in total. The molecule has 4 heteroatoms. The van der Waals surface area contributed by atoms with E-state index >= 15 is 0 Å². The average Bonchev–Trinajstić information content (AvgIpc) is 2.08. The first-order valence-corrected chi connectivity index (χ1v) is 4.89. The second-order valence-corrected chi connectivity index (χ2v) is 3.87. The Morgan fingerprint density at radius 3 is 2.46 bits per heavy atom. The van der Waals surface area contributed by atoms with Crippen molar-refractivity contribution in [1.29, 1.82) is 0 Å². The monoisotopic (exact) mass is 185 g/mol. The van der Waals surface area contributed by atoms with Crippen LogP contribution >= 0.6 is 0 Å². The van der Waals surface area contributed by atoms with Crippen molar-refractivity contribution in [3.63, 3.8) is 0 Å². The molecule has 1 fully saturated rings. The minimum Gasteiger partial charge on any atom is -0.355 e. The van der Waals surface area contributed by atoms with Gasteiger partial charge in [0.2, 0.25) is 5.91 Å². The Morgan fingerprint density at radius 2 is 2.08 bits per heavy atom. The molecule has 0 aliphatic heterocycles. The Hall–Kier alpha value is -0.610. The van der Waals surface area contributed by atoms with E-state index in [0.717, 1.165) is 12.8 Å². The van der Waals surface area contributed by atoms with E-state index in [4.69, 9.17) is 11.5 Å². The van der Waals surface area contributed by atoms with Gasteiger partial charge in [-0.05, 0) is 24.8 Å². The van der Waals surface area contributed by atoms with Gasteiger partial charge in [-0.1, -0.05) is 6.42 Å². The van der Waals surface area contributed by atoms with Crippen LogP contribution in [0.25, 0.3) is 0 Å². The van der Waals surface area contributed by atoms with Gasteiger partial charge in [0.05, 0.1) is 0 Å². The zero-order valence-electron chi connectivity index (χ0n) is 8.01. The molecule has 1 aliphatic carbocycles. The standard InChI is InChI=1S/C9H19N3O/c10-4-5-12-8(13)6-9(7-11)2-1-3-9/h1-7,10-11H2,(H,12,13).